The Kier molecular flexibility index (Phi) is 4.58. The maximum absolute atomic E-state index is 8.98. The largest absolute Gasteiger partial charge is 0.457 e. The van der Waals surface area contributed by atoms with Crippen molar-refractivity contribution in [1.82, 2.24) is 0 Å². The van der Waals surface area contributed by atoms with E-state index in [2.05, 4.69) is 15.9 Å². The van der Waals surface area contributed by atoms with Crippen LogP contribution in [0.25, 0.3) is 0 Å². The molecule has 0 amide bonds. The van der Waals surface area contributed by atoms with E-state index < -0.39 is 0 Å². The Morgan fingerprint density at radius 3 is 2.32 bits per heavy atom. The van der Waals surface area contributed by atoms with Crippen molar-refractivity contribution >= 4 is 15.9 Å². The molecule has 0 unspecified atom stereocenters. The molecule has 0 spiro atoms. The molecule has 0 bridgehead atoms. The predicted molar refractivity (Wildman–Crippen MR) is 79.2 cm³/mol. The van der Waals surface area contributed by atoms with Crippen molar-refractivity contribution in [2.45, 2.75) is 19.6 Å². The molecule has 2 rings (SSSR count). The highest BCUT2D eigenvalue weighted by Crippen LogP contribution is 2.29. The molecule has 0 heterocycles. The average molecular weight is 322 g/mol. The number of benzene rings is 2. The molecule has 0 aliphatic heterocycles. The second kappa shape index (κ2) is 6.19. The van der Waals surface area contributed by atoms with Gasteiger partial charge >= 0.3 is 0 Å². The third kappa shape index (κ3) is 3.56. The summed E-state index contributed by atoms with van der Waals surface area (Å²) in [5.41, 5.74) is 7.76. The van der Waals surface area contributed by atoms with E-state index in [4.69, 9.17) is 15.6 Å². The van der Waals surface area contributed by atoms with Gasteiger partial charge in [0.25, 0.3) is 0 Å². The quantitative estimate of drug-likeness (QED) is 0.901. The molecule has 0 saturated heterocycles. The Labute approximate surface area is 121 Å². The summed E-state index contributed by atoms with van der Waals surface area (Å²) in [5, 5.41) is 8.98. The number of nitrogens with two attached hydrogens (primary N) is 1. The van der Waals surface area contributed by atoms with Crippen LogP contribution in [0, 0.1) is 0 Å². The van der Waals surface area contributed by atoms with Crippen LogP contribution in [0.3, 0.4) is 0 Å². The molecular formula is C15H16BrNO2. The Morgan fingerprint density at radius 1 is 1.16 bits per heavy atom. The fraction of sp³-hybridized carbons (Fsp3) is 0.200. The van der Waals surface area contributed by atoms with E-state index in [0.29, 0.717) is 0 Å². The van der Waals surface area contributed by atoms with Gasteiger partial charge in [0.05, 0.1) is 6.61 Å². The fourth-order valence-electron chi connectivity index (χ4n) is 1.74. The lowest BCUT2D eigenvalue weighted by atomic mass is 10.1. The van der Waals surface area contributed by atoms with E-state index in [-0.39, 0.29) is 12.6 Å². The van der Waals surface area contributed by atoms with Gasteiger partial charge in [0.1, 0.15) is 11.5 Å². The van der Waals surface area contributed by atoms with Gasteiger partial charge < -0.3 is 15.6 Å². The van der Waals surface area contributed by atoms with Crippen molar-refractivity contribution < 1.29 is 9.84 Å². The first-order valence-corrected chi connectivity index (χ1v) is 6.82. The van der Waals surface area contributed by atoms with E-state index >= 15 is 0 Å². The van der Waals surface area contributed by atoms with Gasteiger partial charge in [-0.25, -0.2) is 0 Å². The highest BCUT2D eigenvalue weighted by Gasteiger charge is 2.06. The molecule has 4 heteroatoms. The monoisotopic (exact) mass is 321 g/mol. The third-order valence-corrected chi connectivity index (χ3v) is 3.49. The van der Waals surface area contributed by atoms with Crippen LogP contribution in [-0.2, 0) is 6.61 Å². The zero-order chi connectivity index (χ0) is 13.8. The number of rotatable bonds is 4. The van der Waals surface area contributed by atoms with E-state index in [1.807, 2.05) is 49.4 Å². The molecule has 0 fully saturated rings. The van der Waals surface area contributed by atoms with Crippen LogP contribution in [-0.4, -0.2) is 5.11 Å². The number of aliphatic hydroxyl groups is 1. The molecule has 19 heavy (non-hydrogen) atoms. The fourth-order valence-corrected chi connectivity index (χ4v) is 2.46. The van der Waals surface area contributed by atoms with Crippen LogP contribution >= 0.6 is 15.9 Å². The minimum absolute atomic E-state index is 0.0211. The molecule has 1 atom stereocenters. The van der Waals surface area contributed by atoms with Crippen molar-refractivity contribution in [2.75, 3.05) is 0 Å². The number of hydrogen-bond donors (Lipinski definition) is 2. The van der Waals surface area contributed by atoms with Crippen molar-refractivity contribution in [1.29, 1.82) is 0 Å². The topological polar surface area (TPSA) is 55.5 Å². The summed E-state index contributed by atoms with van der Waals surface area (Å²) in [4.78, 5) is 0. The van der Waals surface area contributed by atoms with Crippen LogP contribution in [0.5, 0.6) is 11.5 Å². The Bertz CT molecular complexity index is 553. The molecule has 3 N–H and O–H groups in total. The van der Waals surface area contributed by atoms with E-state index in [1.54, 1.807) is 0 Å². The second-order valence-electron chi connectivity index (χ2n) is 4.38. The minimum Gasteiger partial charge on any atom is -0.457 e. The summed E-state index contributed by atoms with van der Waals surface area (Å²) < 4.78 is 6.68. The molecule has 2 aromatic carbocycles. The standard InChI is InChI=1S/C15H16BrNO2/c1-10(17)14-7-6-13(8-15(14)16)19-12-4-2-11(9-18)3-5-12/h2-8,10,18H,9,17H2,1H3/t10-/m0/s1. The van der Waals surface area contributed by atoms with E-state index in [0.717, 1.165) is 27.1 Å². The highest BCUT2D eigenvalue weighted by molar-refractivity contribution is 9.10. The summed E-state index contributed by atoms with van der Waals surface area (Å²) in [6.07, 6.45) is 0. The lowest BCUT2D eigenvalue weighted by Crippen LogP contribution is -2.05. The zero-order valence-electron chi connectivity index (χ0n) is 10.6. The number of halogens is 1. The van der Waals surface area contributed by atoms with Gasteiger partial charge in [-0.1, -0.05) is 34.1 Å². The van der Waals surface area contributed by atoms with Gasteiger partial charge in [0.2, 0.25) is 0 Å². The molecule has 100 valence electrons. The lowest BCUT2D eigenvalue weighted by Gasteiger charge is -2.11. The predicted octanol–water partition coefficient (Wildman–Crippen LogP) is 3.75. The summed E-state index contributed by atoms with van der Waals surface area (Å²) in [6.45, 7) is 1.98. The van der Waals surface area contributed by atoms with E-state index in [1.165, 1.54) is 0 Å². The van der Waals surface area contributed by atoms with Gasteiger partial charge in [0.15, 0.2) is 0 Å². The molecule has 0 aromatic heterocycles. The Morgan fingerprint density at radius 2 is 1.79 bits per heavy atom. The van der Waals surface area contributed by atoms with Crippen LogP contribution in [0.1, 0.15) is 24.1 Å². The molecule has 2 aromatic rings. The van der Waals surface area contributed by atoms with Crippen molar-refractivity contribution in [3.8, 4) is 11.5 Å². The summed E-state index contributed by atoms with van der Waals surface area (Å²) in [6, 6.07) is 13.1. The van der Waals surface area contributed by atoms with Crippen LogP contribution in [0.2, 0.25) is 0 Å². The van der Waals surface area contributed by atoms with Crippen molar-refractivity contribution in [3.05, 3.63) is 58.1 Å². The third-order valence-electron chi connectivity index (χ3n) is 2.80. The first kappa shape index (κ1) is 14.1. The molecule has 0 aliphatic rings. The molecule has 3 nitrogen and oxygen atoms in total. The second-order valence-corrected chi connectivity index (χ2v) is 5.23. The van der Waals surface area contributed by atoms with Crippen LogP contribution in [0.4, 0.5) is 0 Å². The number of ether oxygens (including phenoxy) is 1. The van der Waals surface area contributed by atoms with Crippen molar-refractivity contribution in [2.24, 2.45) is 5.73 Å². The molecule has 0 radical (unpaired) electrons. The Hall–Kier alpha value is -1.36. The van der Waals surface area contributed by atoms with Crippen LogP contribution in [0.15, 0.2) is 46.9 Å². The van der Waals surface area contributed by atoms with Gasteiger partial charge in [-0.15, -0.1) is 0 Å². The van der Waals surface area contributed by atoms with Crippen molar-refractivity contribution in [3.63, 3.8) is 0 Å². The van der Waals surface area contributed by atoms with Crippen LogP contribution < -0.4 is 10.5 Å². The van der Waals surface area contributed by atoms with Gasteiger partial charge in [-0.3, -0.25) is 0 Å². The SMILES string of the molecule is C[C@H](N)c1ccc(Oc2ccc(CO)cc2)cc1Br. The highest BCUT2D eigenvalue weighted by atomic mass is 79.9. The average Bonchev–Trinajstić information content (AvgIpc) is 2.39. The molecule has 0 aliphatic carbocycles. The first-order chi connectivity index (χ1) is 9.10. The minimum atomic E-state index is -0.0211. The molecule has 0 saturated carbocycles. The number of aliphatic hydroxyl groups excluding tert-OH is 1. The normalized spacial score (nSPS) is 12.2. The summed E-state index contributed by atoms with van der Waals surface area (Å²) in [7, 11) is 0. The van der Waals surface area contributed by atoms with Gasteiger partial charge in [0, 0.05) is 10.5 Å². The lowest BCUT2D eigenvalue weighted by molar-refractivity contribution is 0.281. The zero-order valence-corrected chi connectivity index (χ0v) is 12.2. The maximum atomic E-state index is 8.98. The first-order valence-electron chi connectivity index (χ1n) is 6.03. The molecular weight excluding hydrogens is 306 g/mol. The number of hydrogen-bond acceptors (Lipinski definition) is 3. The smallest absolute Gasteiger partial charge is 0.128 e. The summed E-state index contributed by atoms with van der Waals surface area (Å²) in [5.74, 6) is 1.48. The Balaban J connectivity index is 2.16. The maximum Gasteiger partial charge on any atom is 0.128 e. The van der Waals surface area contributed by atoms with Gasteiger partial charge in [-0.2, -0.15) is 0 Å². The summed E-state index contributed by atoms with van der Waals surface area (Å²) >= 11 is 3.49. The van der Waals surface area contributed by atoms with Gasteiger partial charge in [-0.05, 0) is 42.3 Å². The van der Waals surface area contributed by atoms with E-state index in [9.17, 15) is 0 Å².